The van der Waals surface area contributed by atoms with E-state index in [1.807, 2.05) is 43.3 Å². The fourth-order valence-corrected chi connectivity index (χ4v) is 1.84. The molecule has 1 unspecified atom stereocenters. The number of carbonyl (C=O) groups is 1. The van der Waals surface area contributed by atoms with E-state index in [0.717, 1.165) is 11.3 Å². The van der Waals surface area contributed by atoms with E-state index in [2.05, 4.69) is 0 Å². The molecule has 0 bridgehead atoms. The van der Waals surface area contributed by atoms with Gasteiger partial charge in [0.25, 0.3) is 0 Å². The zero-order valence-corrected chi connectivity index (χ0v) is 10.6. The lowest BCUT2D eigenvalue weighted by Gasteiger charge is -2.22. The predicted octanol–water partition coefficient (Wildman–Crippen LogP) is 1.36. The molecular weight excluding hydrogens is 216 g/mol. The standard InChI is InChI=1S/C13H20N2O2/c1-15(2)12-7-5-4-6-11(12)10(9-14)8-13(16)17-3/h4-7,10H,8-9,14H2,1-3H3. The highest BCUT2D eigenvalue weighted by atomic mass is 16.5. The first-order valence-corrected chi connectivity index (χ1v) is 5.63. The number of hydrogen-bond donors (Lipinski definition) is 1. The Kier molecular flexibility index (Phi) is 4.97. The SMILES string of the molecule is COC(=O)CC(CN)c1ccccc1N(C)C. The summed E-state index contributed by atoms with van der Waals surface area (Å²) in [4.78, 5) is 13.4. The molecule has 0 fully saturated rings. The van der Waals surface area contributed by atoms with E-state index < -0.39 is 0 Å². The van der Waals surface area contributed by atoms with E-state index in [9.17, 15) is 4.79 Å². The number of anilines is 1. The van der Waals surface area contributed by atoms with E-state index in [-0.39, 0.29) is 11.9 Å². The van der Waals surface area contributed by atoms with Gasteiger partial charge in [0.15, 0.2) is 0 Å². The molecule has 94 valence electrons. The summed E-state index contributed by atoms with van der Waals surface area (Å²) >= 11 is 0. The molecule has 4 heteroatoms. The second-order valence-electron chi connectivity index (χ2n) is 4.17. The molecule has 2 N–H and O–H groups in total. The van der Waals surface area contributed by atoms with Crippen LogP contribution in [0.4, 0.5) is 5.69 Å². The summed E-state index contributed by atoms with van der Waals surface area (Å²) in [5, 5.41) is 0. The first kappa shape index (κ1) is 13.5. The van der Waals surface area contributed by atoms with Crippen molar-refractivity contribution in [1.82, 2.24) is 0 Å². The topological polar surface area (TPSA) is 55.6 Å². The number of nitrogens with zero attached hydrogens (tertiary/aromatic N) is 1. The van der Waals surface area contributed by atoms with Gasteiger partial charge in [0.2, 0.25) is 0 Å². The van der Waals surface area contributed by atoms with E-state index in [4.69, 9.17) is 10.5 Å². The highest BCUT2D eigenvalue weighted by Crippen LogP contribution is 2.28. The van der Waals surface area contributed by atoms with Gasteiger partial charge in [-0.05, 0) is 18.2 Å². The number of hydrogen-bond acceptors (Lipinski definition) is 4. The van der Waals surface area contributed by atoms with Gasteiger partial charge in [0, 0.05) is 25.7 Å². The van der Waals surface area contributed by atoms with Gasteiger partial charge in [-0.3, -0.25) is 4.79 Å². The Morgan fingerprint density at radius 3 is 2.59 bits per heavy atom. The molecule has 0 aliphatic rings. The molecule has 1 aromatic carbocycles. The molecule has 0 saturated carbocycles. The summed E-state index contributed by atoms with van der Waals surface area (Å²) < 4.78 is 4.70. The van der Waals surface area contributed by atoms with Gasteiger partial charge < -0.3 is 15.4 Å². The lowest BCUT2D eigenvalue weighted by molar-refractivity contribution is -0.141. The van der Waals surface area contributed by atoms with Crippen LogP contribution in [0, 0.1) is 0 Å². The smallest absolute Gasteiger partial charge is 0.306 e. The quantitative estimate of drug-likeness (QED) is 0.784. The van der Waals surface area contributed by atoms with Crippen molar-refractivity contribution < 1.29 is 9.53 Å². The number of carbonyl (C=O) groups excluding carboxylic acids is 1. The van der Waals surface area contributed by atoms with E-state index >= 15 is 0 Å². The van der Waals surface area contributed by atoms with Gasteiger partial charge in [-0.15, -0.1) is 0 Å². The number of benzene rings is 1. The second kappa shape index (κ2) is 6.25. The molecule has 0 amide bonds. The Balaban J connectivity index is 2.98. The summed E-state index contributed by atoms with van der Waals surface area (Å²) in [5.74, 6) is -0.227. The number of nitrogens with two attached hydrogens (primary N) is 1. The highest BCUT2D eigenvalue weighted by Gasteiger charge is 2.18. The molecular formula is C13H20N2O2. The number of para-hydroxylation sites is 1. The van der Waals surface area contributed by atoms with Crippen molar-refractivity contribution in [3.63, 3.8) is 0 Å². The first-order valence-electron chi connectivity index (χ1n) is 5.63. The summed E-state index contributed by atoms with van der Waals surface area (Å²) in [7, 11) is 5.35. The van der Waals surface area contributed by atoms with Crippen LogP contribution in [0.15, 0.2) is 24.3 Å². The number of esters is 1. The van der Waals surface area contributed by atoms with Crippen molar-refractivity contribution in [1.29, 1.82) is 0 Å². The van der Waals surface area contributed by atoms with Crippen molar-refractivity contribution in [2.24, 2.45) is 5.73 Å². The number of methoxy groups -OCH3 is 1. The first-order chi connectivity index (χ1) is 8.10. The van der Waals surface area contributed by atoms with Crippen LogP contribution in [-0.4, -0.2) is 33.7 Å². The predicted molar refractivity (Wildman–Crippen MR) is 69.2 cm³/mol. The fraction of sp³-hybridized carbons (Fsp3) is 0.462. The summed E-state index contributed by atoms with van der Waals surface area (Å²) in [5.41, 5.74) is 7.93. The van der Waals surface area contributed by atoms with Crippen molar-refractivity contribution >= 4 is 11.7 Å². The maximum absolute atomic E-state index is 11.3. The molecule has 1 aromatic rings. The zero-order chi connectivity index (χ0) is 12.8. The minimum absolute atomic E-state index is 0.000972. The Labute approximate surface area is 102 Å². The van der Waals surface area contributed by atoms with E-state index in [0.29, 0.717) is 13.0 Å². The fourth-order valence-electron chi connectivity index (χ4n) is 1.84. The average molecular weight is 236 g/mol. The molecule has 1 atom stereocenters. The third kappa shape index (κ3) is 3.46. The summed E-state index contributed by atoms with van der Waals surface area (Å²) in [6, 6.07) is 7.97. The maximum atomic E-state index is 11.3. The van der Waals surface area contributed by atoms with Crippen molar-refractivity contribution in [2.45, 2.75) is 12.3 Å². The van der Waals surface area contributed by atoms with Crippen molar-refractivity contribution in [3.05, 3.63) is 29.8 Å². The van der Waals surface area contributed by atoms with Gasteiger partial charge >= 0.3 is 5.97 Å². The van der Waals surface area contributed by atoms with Crippen LogP contribution in [-0.2, 0) is 9.53 Å². The van der Waals surface area contributed by atoms with E-state index in [1.54, 1.807) is 0 Å². The Hall–Kier alpha value is -1.55. The van der Waals surface area contributed by atoms with Crippen LogP contribution in [0.3, 0.4) is 0 Å². The van der Waals surface area contributed by atoms with Crippen LogP contribution in [0.5, 0.6) is 0 Å². The minimum atomic E-state index is -0.228. The van der Waals surface area contributed by atoms with Gasteiger partial charge in [0.05, 0.1) is 13.5 Å². The summed E-state index contributed by atoms with van der Waals surface area (Å²) in [6.45, 7) is 0.431. The second-order valence-corrected chi connectivity index (χ2v) is 4.17. The van der Waals surface area contributed by atoms with Crippen LogP contribution in [0.25, 0.3) is 0 Å². The van der Waals surface area contributed by atoms with Crippen LogP contribution < -0.4 is 10.6 Å². The lowest BCUT2D eigenvalue weighted by atomic mass is 9.94. The van der Waals surface area contributed by atoms with Gasteiger partial charge in [-0.1, -0.05) is 18.2 Å². The number of rotatable bonds is 5. The largest absolute Gasteiger partial charge is 0.469 e. The molecule has 0 aliphatic heterocycles. The molecule has 0 heterocycles. The molecule has 0 aliphatic carbocycles. The highest BCUT2D eigenvalue weighted by molar-refractivity contribution is 5.71. The summed E-state index contributed by atoms with van der Waals surface area (Å²) in [6.07, 6.45) is 0.317. The van der Waals surface area contributed by atoms with Crippen LogP contribution in [0.1, 0.15) is 17.9 Å². The average Bonchev–Trinajstić information content (AvgIpc) is 2.35. The normalized spacial score (nSPS) is 12.0. The molecule has 0 aromatic heterocycles. The third-order valence-electron chi connectivity index (χ3n) is 2.78. The molecule has 17 heavy (non-hydrogen) atoms. The van der Waals surface area contributed by atoms with Gasteiger partial charge in [-0.2, -0.15) is 0 Å². The molecule has 1 rings (SSSR count). The van der Waals surface area contributed by atoms with Crippen molar-refractivity contribution in [3.8, 4) is 0 Å². The molecule has 4 nitrogen and oxygen atoms in total. The Morgan fingerprint density at radius 1 is 1.41 bits per heavy atom. The molecule has 0 saturated heterocycles. The van der Waals surface area contributed by atoms with Crippen molar-refractivity contribution in [2.75, 3.05) is 32.6 Å². The van der Waals surface area contributed by atoms with E-state index in [1.165, 1.54) is 7.11 Å². The van der Waals surface area contributed by atoms with Gasteiger partial charge in [0.1, 0.15) is 0 Å². The van der Waals surface area contributed by atoms with Crippen LogP contribution >= 0.6 is 0 Å². The van der Waals surface area contributed by atoms with Crippen LogP contribution in [0.2, 0.25) is 0 Å². The maximum Gasteiger partial charge on any atom is 0.306 e. The Bertz CT molecular complexity index is 377. The van der Waals surface area contributed by atoms with Gasteiger partial charge in [-0.25, -0.2) is 0 Å². The molecule has 0 spiro atoms. The number of ether oxygens (including phenoxy) is 1. The molecule has 0 radical (unpaired) electrons. The zero-order valence-electron chi connectivity index (χ0n) is 10.6. The third-order valence-corrected chi connectivity index (χ3v) is 2.78. The minimum Gasteiger partial charge on any atom is -0.469 e. The monoisotopic (exact) mass is 236 g/mol. The lowest BCUT2D eigenvalue weighted by Crippen LogP contribution is -2.20. The Morgan fingerprint density at radius 2 is 2.06 bits per heavy atom.